The zero-order valence-electron chi connectivity index (χ0n) is 9.52. The van der Waals surface area contributed by atoms with E-state index in [2.05, 4.69) is 15.9 Å². The Hall–Kier alpha value is -0.100. The molecule has 0 saturated heterocycles. The molecule has 0 amide bonds. The molecule has 0 heterocycles. The second kappa shape index (κ2) is 5.26. The van der Waals surface area contributed by atoms with Crippen molar-refractivity contribution in [1.82, 2.24) is 0 Å². The number of halogens is 2. The van der Waals surface area contributed by atoms with Gasteiger partial charge in [-0.3, -0.25) is 0 Å². The molecular weight excluding hydrogens is 328 g/mol. The first-order chi connectivity index (χ1) is 7.72. The van der Waals surface area contributed by atoms with Crippen LogP contribution in [0.4, 0.5) is 0 Å². The van der Waals surface area contributed by atoms with E-state index in [1.165, 1.54) is 0 Å². The number of benzene rings is 1. The molecule has 0 aliphatic carbocycles. The van der Waals surface area contributed by atoms with Crippen LogP contribution in [0.1, 0.15) is 25.0 Å². The van der Waals surface area contributed by atoms with Crippen LogP contribution in [0.5, 0.6) is 0 Å². The SMILES string of the molecule is CC[C@@](Br)([C@H](O)c1cccc(Cl)c1)S(C)(=O)=O. The van der Waals surface area contributed by atoms with Gasteiger partial charge in [0.05, 0.1) is 0 Å². The van der Waals surface area contributed by atoms with Gasteiger partial charge in [-0.1, -0.05) is 46.6 Å². The minimum atomic E-state index is -3.45. The molecule has 0 aromatic heterocycles. The zero-order chi connectivity index (χ0) is 13.3. The lowest BCUT2D eigenvalue weighted by Gasteiger charge is -2.30. The molecule has 0 fully saturated rings. The second-order valence-electron chi connectivity index (χ2n) is 3.87. The van der Waals surface area contributed by atoms with E-state index in [1.54, 1.807) is 31.2 Å². The Morgan fingerprint density at radius 3 is 2.53 bits per heavy atom. The molecule has 1 aromatic rings. The standard InChI is InChI=1S/C11H14BrClO3S/c1-3-11(12,17(2,15)16)10(14)8-5-4-6-9(13)7-8/h4-7,10,14H,3H2,1-2H3/t10-,11+/m1/s1. The molecule has 0 saturated carbocycles. The molecule has 2 atom stereocenters. The van der Waals surface area contributed by atoms with Crippen LogP contribution in [0.25, 0.3) is 0 Å². The fourth-order valence-corrected chi connectivity index (χ4v) is 3.11. The summed E-state index contributed by atoms with van der Waals surface area (Å²) in [5, 5.41) is 10.7. The first-order valence-corrected chi connectivity index (χ1v) is 8.10. The molecule has 0 aliphatic rings. The second-order valence-corrected chi connectivity index (χ2v) is 8.52. The third kappa shape index (κ3) is 3.02. The maximum Gasteiger partial charge on any atom is 0.166 e. The summed E-state index contributed by atoms with van der Waals surface area (Å²) in [4.78, 5) is 0. The van der Waals surface area contributed by atoms with E-state index >= 15 is 0 Å². The van der Waals surface area contributed by atoms with Crippen molar-refractivity contribution in [1.29, 1.82) is 0 Å². The van der Waals surface area contributed by atoms with Gasteiger partial charge in [0.1, 0.15) is 6.10 Å². The number of sulfone groups is 1. The smallest absolute Gasteiger partial charge is 0.166 e. The van der Waals surface area contributed by atoms with E-state index in [-0.39, 0.29) is 6.42 Å². The van der Waals surface area contributed by atoms with Gasteiger partial charge in [-0.2, -0.15) is 0 Å². The van der Waals surface area contributed by atoms with E-state index in [1.807, 2.05) is 0 Å². The molecule has 1 N–H and O–H groups in total. The summed E-state index contributed by atoms with van der Waals surface area (Å²) in [6.07, 6.45) is 0.180. The summed E-state index contributed by atoms with van der Waals surface area (Å²) in [6.45, 7) is 1.70. The summed E-state index contributed by atoms with van der Waals surface area (Å²) in [7, 11) is -3.45. The van der Waals surface area contributed by atoms with Crippen LogP contribution in [0.3, 0.4) is 0 Å². The summed E-state index contributed by atoms with van der Waals surface area (Å²) < 4.78 is 22.1. The highest BCUT2D eigenvalue weighted by Crippen LogP contribution is 2.41. The third-order valence-electron chi connectivity index (χ3n) is 2.67. The maximum absolute atomic E-state index is 11.7. The van der Waals surface area contributed by atoms with Gasteiger partial charge in [0.25, 0.3) is 0 Å². The number of hydrogen-bond donors (Lipinski definition) is 1. The third-order valence-corrected chi connectivity index (χ3v) is 7.41. The van der Waals surface area contributed by atoms with E-state index in [4.69, 9.17) is 11.6 Å². The molecule has 17 heavy (non-hydrogen) atoms. The molecular formula is C11H14BrClO3S. The average molecular weight is 342 g/mol. The summed E-state index contributed by atoms with van der Waals surface area (Å²) in [5.41, 5.74) is 0.474. The van der Waals surface area contributed by atoms with Crippen LogP contribution >= 0.6 is 27.5 Å². The lowest BCUT2D eigenvalue weighted by atomic mass is 10.1. The minimum absolute atomic E-state index is 0.250. The quantitative estimate of drug-likeness (QED) is 0.857. The van der Waals surface area contributed by atoms with Gasteiger partial charge in [0.15, 0.2) is 13.5 Å². The lowest BCUT2D eigenvalue weighted by Crippen LogP contribution is -2.37. The first-order valence-electron chi connectivity index (χ1n) is 5.04. The molecule has 96 valence electrons. The van der Waals surface area contributed by atoms with Crippen molar-refractivity contribution >= 4 is 37.4 Å². The molecule has 0 spiro atoms. The van der Waals surface area contributed by atoms with Crippen molar-refractivity contribution in [2.45, 2.75) is 23.1 Å². The van der Waals surface area contributed by atoms with Crippen molar-refractivity contribution in [3.05, 3.63) is 34.9 Å². The number of alkyl halides is 1. The van der Waals surface area contributed by atoms with Crippen LogP contribution in [-0.4, -0.2) is 23.4 Å². The Morgan fingerprint density at radius 1 is 1.53 bits per heavy atom. The maximum atomic E-state index is 11.7. The van der Waals surface area contributed by atoms with Crippen LogP contribution in [0.2, 0.25) is 5.02 Å². The van der Waals surface area contributed by atoms with Gasteiger partial charge < -0.3 is 5.11 Å². The minimum Gasteiger partial charge on any atom is -0.386 e. The fourth-order valence-electron chi connectivity index (χ4n) is 1.58. The van der Waals surface area contributed by atoms with E-state index in [0.29, 0.717) is 10.6 Å². The van der Waals surface area contributed by atoms with E-state index in [0.717, 1.165) is 6.26 Å². The Balaban J connectivity index is 3.24. The molecule has 0 aliphatic heterocycles. The average Bonchev–Trinajstić information content (AvgIpc) is 2.25. The van der Waals surface area contributed by atoms with Crippen molar-refractivity contribution in [2.24, 2.45) is 0 Å². The molecule has 1 aromatic carbocycles. The van der Waals surface area contributed by atoms with Crippen molar-refractivity contribution < 1.29 is 13.5 Å². The van der Waals surface area contributed by atoms with Gasteiger partial charge in [-0.25, -0.2) is 8.42 Å². The van der Waals surface area contributed by atoms with Crippen molar-refractivity contribution in [3.63, 3.8) is 0 Å². The van der Waals surface area contributed by atoms with Crippen LogP contribution < -0.4 is 0 Å². The Bertz CT molecular complexity index is 503. The number of aliphatic hydroxyl groups is 1. The van der Waals surface area contributed by atoms with Crippen LogP contribution in [0.15, 0.2) is 24.3 Å². The Kier molecular flexibility index (Phi) is 4.63. The van der Waals surface area contributed by atoms with Gasteiger partial charge in [-0.05, 0) is 24.1 Å². The van der Waals surface area contributed by atoms with Crippen LogP contribution in [0, 0.1) is 0 Å². The summed E-state index contributed by atoms with van der Waals surface area (Å²) in [6, 6.07) is 6.54. The van der Waals surface area contributed by atoms with Gasteiger partial charge >= 0.3 is 0 Å². The Morgan fingerprint density at radius 2 is 2.12 bits per heavy atom. The lowest BCUT2D eigenvalue weighted by molar-refractivity contribution is 0.160. The van der Waals surface area contributed by atoms with Crippen LogP contribution in [-0.2, 0) is 9.84 Å². The first kappa shape index (κ1) is 15.0. The highest BCUT2D eigenvalue weighted by atomic mass is 79.9. The van der Waals surface area contributed by atoms with Gasteiger partial charge in [-0.15, -0.1) is 0 Å². The van der Waals surface area contributed by atoms with Crippen molar-refractivity contribution in [3.8, 4) is 0 Å². The predicted molar refractivity (Wildman–Crippen MR) is 73.2 cm³/mol. The normalized spacial score (nSPS) is 17.5. The monoisotopic (exact) mass is 340 g/mol. The summed E-state index contributed by atoms with van der Waals surface area (Å²) >= 11 is 8.97. The molecule has 6 heteroatoms. The molecule has 0 unspecified atom stereocenters. The van der Waals surface area contributed by atoms with Gasteiger partial charge in [0.2, 0.25) is 0 Å². The number of hydrogen-bond acceptors (Lipinski definition) is 3. The largest absolute Gasteiger partial charge is 0.386 e. The molecule has 1 rings (SSSR count). The van der Waals surface area contributed by atoms with Crippen molar-refractivity contribution in [2.75, 3.05) is 6.26 Å². The zero-order valence-corrected chi connectivity index (χ0v) is 12.7. The topological polar surface area (TPSA) is 54.4 Å². The fraction of sp³-hybridized carbons (Fsp3) is 0.455. The van der Waals surface area contributed by atoms with E-state index < -0.39 is 19.6 Å². The van der Waals surface area contributed by atoms with Gasteiger partial charge in [0, 0.05) is 11.3 Å². The highest BCUT2D eigenvalue weighted by Gasteiger charge is 2.44. The van der Waals surface area contributed by atoms with E-state index in [9.17, 15) is 13.5 Å². The molecule has 0 bridgehead atoms. The number of rotatable bonds is 4. The Labute approximate surface area is 115 Å². The molecule has 3 nitrogen and oxygen atoms in total. The highest BCUT2D eigenvalue weighted by molar-refractivity contribution is 9.11. The molecule has 0 radical (unpaired) electrons. The number of aliphatic hydroxyl groups excluding tert-OH is 1. The predicted octanol–water partition coefficient (Wildman–Crippen LogP) is 2.92. The summed E-state index contributed by atoms with van der Waals surface area (Å²) in [5.74, 6) is 0.